The zero-order valence-corrected chi connectivity index (χ0v) is 22.5. The maximum atomic E-state index is 13.7. The molecule has 0 radical (unpaired) electrons. The molecule has 37 heavy (non-hydrogen) atoms. The SMILES string of the molecule is CC[C@H](C(=O)NCC(C)C)N(Cc1cccc(OC)c1)C(=O)CN(c1cccc([N+](=O)[O-])c1)S(C)(=O)=O. The van der Waals surface area contributed by atoms with E-state index in [1.165, 1.54) is 30.2 Å². The molecule has 0 aliphatic rings. The number of ether oxygens (including phenoxy) is 1. The number of rotatable bonds is 13. The molecular weight excluding hydrogens is 500 g/mol. The maximum absolute atomic E-state index is 13.7. The summed E-state index contributed by atoms with van der Waals surface area (Å²) in [5.74, 6) is -0.227. The fraction of sp³-hybridized carbons (Fsp3) is 0.440. The van der Waals surface area contributed by atoms with E-state index in [-0.39, 0.29) is 36.2 Å². The van der Waals surface area contributed by atoms with Crippen LogP contribution in [0, 0.1) is 16.0 Å². The van der Waals surface area contributed by atoms with Crippen LogP contribution >= 0.6 is 0 Å². The van der Waals surface area contributed by atoms with Crippen LogP contribution in [0.15, 0.2) is 48.5 Å². The van der Waals surface area contributed by atoms with Crippen LogP contribution in [0.5, 0.6) is 5.75 Å². The van der Waals surface area contributed by atoms with Crippen molar-refractivity contribution < 1.29 is 27.7 Å². The van der Waals surface area contributed by atoms with E-state index in [1.807, 2.05) is 13.8 Å². The van der Waals surface area contributed by atoms with Crippen molar-refractivity contribution in [3.05, 3.63) is 64.2 Å². The normalized spacial score (nSPS) is 12.1. The third-order valence-corrected chi connectivity index (χ3v) is 6.71. The third kappa shape index (κ3) is 8.45. The van der Waals surface area contributed by atoms with Crippen LogP contribution in [0.2, 0.25) is 0 Å². The Labute approximate surface area is 217 Å². The van der Waals surface area contributed by atoms with Gasteiger partial charge < -0.3 is 15.0 Å². The van der Waals surface area contributed by atoms with Crippen LogP contribution < -0.4 is 14.4 Å². The molecule has 2 rings (SSSR count). The van der Waals surface area contributed by atoms with Crippen LogP contribution in [0.3, 0.4) is 0 Å². The van der Waals surface area contributed by atoms with E-state index in [4.69, 9.17) is 4.74 Å². The lowest BCUT2D eigenvalue weighted by Gasteiger charge is -2.33. The van der Waals surface area contributed by atoms with Gasteiger partial charge in [0, 0.05) is 25.2 Å². The second-order valence-electron chi connectivity index (χ2n) is 8.98. The highest BCUT2D eigenvalue weighted by Crippen LogP contribution is 2.24. The number of nitro groups is 1. The van der Waals surface area contributed by atoms with Gasteiger partial charge in [0.15, 0.2) is 0 Å². The number of nitro benzene ring substituents is 1. The largest absolute Gasteiger partial charge is 0.497 e. The number of methoxy groups -OCH3 is 1. The Bertz CT molecular complexity index is 1220. The first-order chi connectivity index (χ1) is 17.4. The van der Waals surface area contributed by atoms with Gasteiger partial charge in [-0.3, -0.25) is 24.0 Å². The summed E-state index contributed by atoms with van der Waals surface area (Å²) in [5.41, 5.74) is 0.346. The molecule has 2 amide bonds. The zero-order chi connectivity index (χ0) is 27.8. The van der Waals surface area contributed by atoms with E-state index >= 15 is 0 Å². The molecular formula is C25H34N4O7S. The van der Waals surface area contributed by atoms with Gasteiger partial charge in [-0.15, -0.1) is 0 Å². The van der Waals surface area contributed by atoms with E-state index < -0.39 is 33.4 Å². The first kappa shape index (κ1) is 29.6. The average molecular weight is 535 g/mol. The highest BCUT2D eigenvalue weighted by Gasteiger charge is 2.32. The number of carbonyl (C=O) groups is 2. The number of sulfonamides is 1. The Kier molecular flexibility index (Phi) is 10.4. The van der Waals surface area contributed by atoms with Crippen LogP contribution in [-0.4, -0.2) is 62.6 Å². The van der Waals surface area contributed by atoms with Gasteiger partial charge in [-0.25, -0.2) is 8.42 Å². The minimum Gasteiger partial charge on any atom is -0.497 e. The summed E-state index contributed by atoms with van der Waals surface area (Å²) in [4.78, 5) is 38.7. The average Bonchev–Trinajstić information content (AvgIpc) is 2.85. The molecule has 1 N–H and O–H groups in total. The predicted octanol–water partition coefficient (Wildman–Crippen LogP) is 2.95. The van der Waals surface area contributed by atoms with Crippen molar-refractivity contribution in [2.75, 3.05) is 30.8 Å². The van der Waals surface area contributed by atoms with Crippen molar-refractivity contribution in [3.63, 3.8) is 0 Å². The fourth-order valence-electron chi connectivity index (χ4n) is 3.68. The number of hydrogen-bond acceptors (Lipinski definition) is 7. The summed E-state index contributed by atoms with van der Waals surface area (Å²) >= 11 is 0. The summed E-state index contributed by atoms with van der Waals surface area (Å²) in [6.07, 6.45) is 1.20. The maximum Gasteiger partial charge on any atom is 0.271 e. The summed E-state index contributed by atoms with van der Waals surface area (Å²) < 4.78 is 31.4. The molecule has 0 aliphatic heterocycles. The highest BCUT2D eigenvalue weighted by molar-refractivity contribution is 7.92. The molecule has 202 valence electrons. The lowest BCUT2D eigenvalue weighted by atomic mass is 10.1. The van der Waals surface area contributed by atoms with Crippen LogP contribution in [-0.2, 0) is 26.2 Å². The number of hydrogen-bond donors (Lipinski definition) is 1. The summed E-state index contributed by atoms with van der Waals surface area (Å²) in [7, 11) is -2.49. The van der Waals surface area contributed by atoms with Crippen molar-refractivity contribution in [2.45, 2.75) is 39.8 Å². The van der Waals surface area contributed by atoms with Gasteiger partial charge in [0.1, 0.15) is 18.3 Å². The van der Waals surface area contributed by atoms with Gasteiger partial charge in [0.05, 0.1) is 24.0 Å². The molecule has 0 aromatic heterocycles. The number of nitrogens with one attached hydrogen (secondary N) is 1. The summed E-state index contributed by atoms with van der Waals surface area (Å²) in [6, 6.07) is 11.2. The molecule has 0 fully saturated rings. The second-order valence-corrected chi connectivity index (χ2v) is 10.9. The Morgan fingerprint density at radius 2 is 1.81 bits per heavy atom. The quantitative estimate of drug-likeness (QED) is 0.308. The first-order valence-corrected chi connectivity index (χ1v) is 13.6. The fourth-order valence-corrected chi connectivity index (χ4v) is 4.53. The van der Waals surface area contributed by atoms with Gasteiger partial charge in [-0.2, -0.15) is 0 Å². The van der Waals surface area contributed by atoms with E-state index in [2.05, 4.69) is 5.32 Å². The van der Waals surface area contributed by atoms with Crippen molar-refractivity contribution in [2.24, 2.45) is 5.92 Å². The lowest BCUT2D eigenvalue weighted by Crippen LogP contribution is -2.52. The lowest BCUT2D eigenvalue weighted by molar-refractivity contribution is -0.384. The molecule has 2 aromatic rings. The number of anilines is 1. The molecule has 0 bridgehead atoms. The first-order valence-electron chi connectivity index (χ1n) is 11.8. The Morgan fingerprint density at radius 1 is 1.14 bits per heavy atom. The molecule has 12 heteroatoms. The molecule has 0 aliphatic carbocycles. The zero-order valence-electron chi connectivity index (χ0n) is 21.7. The molecule has 0 heterocycles. The molecule has 1 atom stereocenters. The van der Waals surface area contributed by atoms with Gasteiger partial charge >= 0.3 is 0 Å². The van der Waals surface area contributed by atoms with E-state index in [1.54, 1.807) is 31.2 Å². The Hall–Kier alpha value is -3.67. The topological polar surface area (TPSA) is 139 Å². The smallest absolute Gasteiger partial charge is 0.271 e. The Balaban J connectivity index is 2.47. The van der Waals surface area contributed by atoms with Gasteiger partial charge in [0.2, 0.25) is 21.8 Å². The van der Waals surface area contributed by atoms with Crippen molar-refractivity contribution in [3.8, 4) is 5.75 Å². The van der Waals surface area contributed by atoms with Crippen molar-refractivity contribution >= 4 is 33.2 Å². The monoisotopic (exact) mass is 534 g/mol. The third-order valence-electron chi connectivity index (χ3n) is 5.57. The van der Waals surface area contributed by atoms with Gasteiger partial charge in [0.25, 0.3) is 5.69 Å². The minimum absolute atomic E-state index is 0.0240. The van der Waals surface area contributed by atoms with Crippen LogP contribution in [0.4, 0.5) is 11.4 Å². The van der Waals surface area contributed by atoms with Gasteiger partial charge in [-0.05, 0) is 36.1 Å². The van der Waals surface area contributed by atoms with Crippen LogP contribution in [0.25, 0.3) is 0 Å². The van der Waals surface area contributed by atoms with Crippen LogP contribution in [0.1, 0.15) is 32.8 Å². The molecule has 0 saturated heterocycles. The van der Waals surface area contributed by atoms with E-state index in [0.717, 1.165) is 16.6 Å². The summed E-state index contributed by atoms with van der Waals surface area (Å²) in [6.45, 7) is 5.46. The number of nitrogens with zero attached hydrogens (tertiary/aromatic N) is 3. The van der Waals surface area contributed by atoms with Crippen molar-refractivity contribution in [1.82, 2.24) is 10.2 Å². The second kappa shape index (κ2) is 13.0. The molecule has 0 unspecified atom stereocenters. The number of carbonyl (C=O) groups excluding carboxylic acids is 2. The van der Waals surface area contributed by atoms with E-state index in [9.17, 15) is 28.1 Å². The highest BCUT2D eigenvalue weighted by atomic mass is 32.2. The minimum atomic E-state index is -4.00. The van der Waals surface area contributed by atoms with Crippen molar-refractivity contribution in [1.29, 1.82) is 0 Å². The number of amides is 2. The number of non-ortho nitro benzene ring substituents is 1. The molecule has 11 nitrogen and oxygen atoms in total. The Morgan fingerprint density at radius 3 is 2.38 bits per heavy atom. The number of benzene rings is 2. The standard InChI is InChI=1S/C25H34N4O7S/c1-6-23(25(31)26-15-18(2)3)27(16-19-9-7-12-22(13-19)36-4)24(30)17-28(37(5,34)35)20-10-8-11-21(14-20)29(32)33/h7-14,18,23H,6,15-17H2,1-5H3,(H,26,31)/t23-/m1/s1. The van der Waals surface area contributed by atoms with E-state index in [0.29, 0.717) is 17.9 Å². The summed E-state index contributed by atoms with van der Waals surface area (Å²) in [5, 5.41) is 14.1. The van der Waals surface area contributed by atoms with Gasteiger partial charge in [-0.1, -0.05) is 39.0 Å². The molecule has 2 aromatic carbocycles. The predicted molar refractivity (Wildman–Crippen MR) is 141 cm³/mol. The molecule has 0 spiro atoms. The molecule has 0 saturated carbocycles.